The Kier molecular flexibility index (Phi) is 5.29. The molecule has 4 nitrogen and oxygen atoms in total. The third kappa shape index (κ3) is 3.79. The topological polar surface area (TPSA) is 46.6 Å². The Morgan fingerprint density at radius 1 is 1.16 bits per heavy atom. The quantitative estimate of drug-likeness (QED) is 0.751. The summed E-state index contributed by atoms with van der Waals surface area (Å²) in [5.41, 5.74) is 1.95. The van der Waals surface area contributed by atoms with Crippen LogP contribution in [0, 0.1) is 0 Å². The van der Waals surface area contributed by atoms with E-state index in [9.17, 15) is 9.59 Å². The zero-order chi connectivity index (χ0) is 17.6. The van der Waals surface area contributed by atoms with Gasteiger partial charge in [-0.1, -0.05) is 66.7 Å². The SMILES string of the molecule is C=CC[C@H](C(=O)N1C(=O)OC[C@H]1Cc1ccccc1)c1ccccc1. The fraction of sp³-hybridized carbons (Fsp3) is 0.238. The fourth-order valence-electron chi connectivity index (χ4n) is 3.17. The molecular weight excluding hydrogens is 314 g/mol. The summed E-state index contributed by atoms with van der Waals surface area (Å²) in [6, 6.07) is 19.0. The largest absolute Gasteiger partial charge is 0.447 e. The predicted molar refractivity (Wildman–Crippen MR) is 96.1 cm³/mol. The summed E-state index contributed by atoms with van der Waals surface area (Å²) in [6.07, 6.45) is 2.22. The Morgan fingerprint density at radius 3 is 2.44 bits per heavy atom. The van der Waals surface area contributed by atoms with Gasteiger partial charge in [0.25, 0.3) is 0 Å². The van der Waals surface area contributed by atoms with Crippen LogP contribution in [0.3, 0.4) is 0 Å². The van der Waals surface area contributed by atoms with Crippen molar-refractivity contribution in [1.29, 1.82) is 0 Å². The van der Waals surface area contributed by atoms with Crippen molar-refractivity contribution in [2.45, 2.75) is 24.8 Å². The van der Waals surface area contributed by atoms with Crippen molar-refractivity contribution in [2.75, 3.05) is 6.61 Å². The van der Waals surface area contributed by atoms with E-state index in [0.717, 1.165) is 11.1 Å². The van der Waals surface area contributed by atoms with Gasteiger partial charge in [0.1, 0.15) is 6.61 Å². The highest BCUT2D eigenvalue weighted by molar-refractivity contribution is 5.97. The van der Waals surface area contributed by atoms with Gasteiger partial charge in [-0.3, -0.25) is 4.79 Å². The third-order valence-electron chi connectivity index (χ3n) is 4.42. The highest BCUT2D eigenvalue weighted by atomic mass is 16.6. The van der Waals surface area contributed by atoms with Gasteiger partial charge in [-0.25, -0.2) is 9.69 Å². The molecule has 0 spiro atoms. The molecule has 0 aliphatic carbocycles. The normalized spacial score (nSPS) is 17.8. The maximum absolute atomic E-state index is 13.1. The molecule has 0 radical (unpaired) electrons. The fourth-order valence-corrected chi connectivity index (χ4v) is 3.17. The van der Waals surface area contributed by atoms with Crippen LogP contribution in [0.4, 0.5) is 4.79 Å². The molecule has 1 heterocycles. The monoisotopic (exact) mass is 335 g/mol. The molecule has 0 unspecified atom stereocenters. The Bertz CT molecular complexity index is 742. The van der Waals surface area contributed by atoms with Gasteiger partial charge >= 0.3 is 6.09 Å². The van der Waals surface area contributed by atoms with Gasteiger partial charge in [0, 0.05) is 0 Å². The zero-order valence-electron chi connectivity index (χ0n) is 14.0. The number of allylic oxidation sites excluding steroid dienone is 1. The van der Waals surface area contributed by atoms with Crippen LogP contribution in [-0.2, 0) is 16.0 Å². The smallest absolute Gasteiger partial charge is 0.417 e. The molecule has 1 fully saturated rings. The minimum atomic E-state index is -0.559. The lowest BCUT2D eigenvalue weighted by molar-refractivity contribution is -0.130. The summed E-state index contributed by atoms with van der Waals surface area (Å²) in [5.74, 6) is -0.655. The van der Waals surface area contributed by atoms with Crippen molar-refractivity contribution in [2.24, 2.45) is 0 Å². The molecule has 0 aromatic heterocycles. The van der Waals surface area contributed by atoms with E-state index in [2.05, 4.69) is 6.58 Å². The molecule has 1 saturated heterocycles. The van der Waals surface area contributed by atoms with E-state index < -0.39 is 12.0 Å². The van der Waals surface area contributed by atoms with Gasteiger partial charge in [-0.15, -0.1) is 6.58 Å². The number of benzene rings is 2. The Hall–Kier alpha value is -2.88. The first-order valence-electron chi connectivity index (χ1n) is 8.40. The second kappa shape index (κ2) is 7.79. The molecule has 4 heteroatoms. The zero-order valence-corrected chi connectivity index (χ0v) is 14.0. The number of nitrogens with zero attached hydrogens (tertiary/aromatic N) is 1. The lowest BCUT2D eigenvalue weighted by Gasteiger charge is -2.24. The summed E-state index contributed by atoms with van der Waals surface area (Å²) in [6.45, 7) is 3.99. The number of hydrogen-bond donors (Lipinski definition) is 0. The Balaban J connectivity index is 1.84. The summed E-state index contributed by atoms with van der Waals surface area (Å²) in [7, 11) is 0. The lowest BCUT2D eigenvalue weighted by Crippen LogP contribution is -2.42. The van der Waals surface area contributed by atoms with E-state index in [1.807, 2.05) is 60.7 Å². The molecule has 2 aromatic rings. The minimum Gasteiger partial charge on any atom is -0.447 e. The van der Waals surface area contributed by atoms with Crippen LogP contribution in [0.5, 0.6) is 0 Å². The molecule has 0 N–H and O–H groups in total. The lowest BCUT2D eigenvalue weighted by atomic mass is 9.93. The average Bonchev–Trinajstić information content (AvgIpc) is 3.01. The van der Waals surface area contributed by atoms with Crippen LogP contribution >= 0.6 is 0 Å². The molecule has 1 aliphatic heterocycles. The van der Waals surface area contributed by atoms with E-state index >= 15 is 0 Å². The van der Waals surface area contributed by atoms with E-state index in [1.54, 1.807) is 6.08 Å². The van der Waals surface area contributed by atoms with Gasteiger partial charge in [-0.2, -0.15) is 0 Å². The first-order chi connectivity index (χ1) is 12.2. The number of ether oxygens (including phenoxy) is 1. The number of imide groups is 1. The van der Waals surface area contributed by atoms with Crippen LogP contribution in [0.1, 0.15) is 23.5 Å². The molecular formula is C21H21NO3. The summed E-state index contributed by atoms with van der Waals surface area (Å²) >= 11 is 0. The van der Waals surface area contributed by atoms with Gasteiger partial charge < -0.3 is 4.74 Å². The average molecular weight is 335 g/mol. The highest BCUT2D eigenvalue weighted by Crippen LogP contribution is 2.27. The van der Waals surface area contributed by atoms with Crippen LogP contribution < -0.4 is 0 Å². The maximum Gasteiger partial charge on any atom is 0.417 e. The molecule has 2 aromatic carbocycles. The van der Waals surface area contributed by atoms with Gasteiger partial charge in [0.15, 0.2) is 0 Å². The van der Waals surface area contributed by atoms with E-state index in [0.29, 0.717) is 12.8 Å². The number of carbonyl (C=O) groups excluding carboxylic acids is 2. The summed E-state index contributed by atoms with van der Waals surface area (Å²) in [5, 5.41) is 0. The van der Waals surface area contributed by atoms with Crippen LogP contribution in [0.2, 0.25) is 0 Å². The second-order valence-electron chi connectivity index (χ2n) is 6.12. The van der Waals surface area contributed by atoms with Gasteiger partial charge in [-0.05, 0) is 24.0 Å². The van der Waals surface area contributed by atoms with Crippen molar-refractivity contribution >= 4 is 12.0 Å². The predicted octanol–water partition coefficient (Wildman–Crippen LogP) is 3.94. The molecule has 0 saturated carbocycles. The summed E-state index contributed by atoms with van der Waals surface area (Å²) in [4.78, 5) is 26.6. The van der Waals surface area contributed by atoms with Gasteiger partial charge in [0.2, 0.25) is 5.91 Å². The number of amides is 2. The minimum absolute atomic E-state index is 0.227. The van der Waals surface area contributed by atoms with Crippen molar-refractivity contribution in [3.63, 3.8) is 0 Å². The molecule has 1 aliphatic rings. The Labute approximate surface area is 147 Å². The van der Waals surface area contributed by atoms with Crippen molar-refractivity contribution in [3.05, 3.63) is 84.4 Å². The van der Waals surface area contributed by atoms with Crippen molar-refractivity contribution in [1.82, 2.24) is 4.90 Å². The van der Waals surface area contributed by atoms with E-state index in [1.165, 1.54) is 4.90 Å². The van der Waals surface area contributed by atoms with E-state index in [4.69, 9.17) is 4.74 Å². The van der Waals surface area contributed by atoms with Gasteiger partial charge in [0.05, 0.1) is 12.0 Å². The third-order valence-corrected chi connectivity index (χ3v) is 4.42. The maximum atomic E-state index is 13.1. The number of rotatable bonds is 6. The van der Waals surface area contributed by atoms with Crippen LogP contribution in [0.15, 0.2) is 73.3 Å². The van der Waals surface area contributed by atoms with Crippen LogP contribution in [-0.4, -0.2) is 29.5 Å². The van der Waals surface area contributed by atoms with Crippen LogP contribution in [0.25, 0.3) is 0 Å². The number of carbonyl (C=O) groups is 2. The highest BCUT2D eigenvalue weighted by Gasteiger charge is 2.40. The Morgan fingerprint density at radius 2 is 1.80 bits per heavy atom. The number of cyclic esters (lactones) is 1. The second-order valence-corrected chi connectivity index (χ2v) is 6.12. The first kappa shape index (κ1) is 17.0. The summed E-state index contributed by atoms with van der Waals surface area (Å²) < 4.78 is 5.18. The van der Waals surface area contributed by atoms with Crippen molar-refractivity contribution < 1.29 is 14.3 Å². The first-order valence-corrected chi connectivity index (χ1v) is 8.40. The molecule has 128 valence electrons. The standard InChI is InChI=1S/C21H21NO3/c1-2-9-19(17-12-7-4-8-13-17)20(23)22-18(15-25-21(22)24)14-16-10-5-3-6-11-16/h2-8,10-13,18-19H,1,9,14-15H2/t18-,19+/m1/s1. The molecule has 3 rings (SSSR count). The molecule has 0 bridgehead atoms. The molecule has 2 amide bonds. The van der Waals surface area contributed by atoms with E-state index in [-0.39, 0.29) is 18.6 Å². The van der Waals surface area contributed by atoms with Crippen molar-refractivity contribution in [3.8, 4) is 0 Å². The number of hydrogen-bond acceptors (Lipinski definition) is 3. The molecule has 25 heavy (non-hydrogen) atoms. The molecule has 2 atom stereocenters.